The molecule has 96 valence electrons. The lowest BCUT2D eigenvalue weighted by Crippen LogP contribution is -2.23. The van der Waals surface area contributed by atoms with Gasteiger partial charge in [-0.2, -0.15) is 5.10 Å². The van der Waals surface area contributed by atoms with Crippen molar-refractivity contribution in [1.29, 1.82) is 0 Å². The molecular formula is C15H21N3. The van der Waals surface area contributed by atoms with Gasteiger partial charge in [0, 0.05) is 12.2 Å². The monoisotopic (exact) mass is 243 g/mol. The Kier molecular flexibility index (Phi) is 4.53. The van der Waals surface area contributed by atoms with Crippen molar-refractivity contribution in [3.63, 3.8) is 0 Å². The Morgan fingerprint density at radius 2 is 1.94 bits per heavy atom. The van der Waals surface area contributed by atoms with Crippen molar-refractivity contribution in [3.8, 4) is 5.69 Å². The fraction of sp³-hybridized carbons (Fsp3) is 0.400. The van der Waals surface area contributed by atoms with Crippen LogP contribution in [-0.2, 0) is 0 Å². The molecule has 0 fully saturated rings. The van der Waals surface area contributed by atoms with E-state index >= 15 is 0 Å². The number of nitrogens with one attached hydrogen (secondary N) is 1. The maximum atomic E-state index is 4.45. The summed E-state index contributed by atoms with van der Waals surface area (Å²) in [6, 6.07) is 12.8. The fourth-order valence-corrected chi connectivity index (χ4v) is 2.25. The number of rotatable bonds is 6. The summed E-state index contributed by atoms with van der Waals surface area (Å²) in [4.78, 5) is 0. The maximum Gasteiger partial charge on any atom is 0.0649 e. The standard InChI is InChI=1S/C15H21N3/c1-3-8-14(16-4-2)15-11-12-17-18(15)13-9-6-5-7-10-13/h5-7,9-12,14,16H,3-4,8H2,1-2H3. The van der Waals surface area contributed by atoms with E-state index in [9.17, 15) is 0 Å². The van der Waals surface area contributed by atoms with Gasteiger partial charge in [0.2, 0.25) is 0 Å². The summed E-state index contributed by atoms with van der Waals surface area (Å²) < 4.78 is 2.03. The van der Waals surface area contributed by atoms with Gasteiger partial charge in [-0.05, 0) is 31.2 Å². The highest BCUT2D eigenvalue weighted by Gasteiger charge is 2.14. The molecule has 0 aliphatic carbocycles. The molecular weight excluding hydrogens is 222 g/mol. The van der Waals surface area contributed by atoms with Gasteiger partial charge >= 0.3 is 0 Å². The van der Waals surface area contributed by atoms with E-state index in [0.29, 0.717) is 6.04 Å². The predicted molar refractivity (Wildman–Crippen MR) is 74.9 cm³/mol. The van der Waals surface area contributed by atoms with E-state index in [1.807, 2.05) is 29.1 Å². The van der Waals surface area contributed by atoms with Crippen LogP contribution < -0.4 is 5.32 Å². The number of aromatic nitrogens is 2. The molecule has 0 saturated carbocycles. The molecule has 1 heterocycles. The molecule has 2 rings (SSSR count). The van der Waals surface area contributed by atoms with E-state index in [1.54, 1.807) is 0 Å². The maximum absolute atomic E-state index is 4.45. The van der Waals surface area contributed by atoms with Crippen LogP contribution in [0.4, 0.5) is 0 Å². The van der Waals surface area contributed by atoms with Gasteiger partial charge in [0.25, 0.3) is 0 Å². The molecule has 0 aliphatic rings. The molecule has 2 aromatic rings. The summed E-state index contributed by atoms with van der Waals surface area (Å²) in [6.45, 7) is 5.34. The Morgan fingerprint density at radius 3 is 2.61 bits per heavy atom. The van der Waals surface area contributed by atoms with Crippen LogP contribution in [0, 0.1) is 0 Å². The summed E-state index contributed by atoms with van der Waals surface area (Å²) >= 11 is 0. The summed E-state index contributed by atoms with van der Waals surface area (Å²) in [5.74, 6) is 0. The van der Waals surface area contributed by atoms with Gasteiger partial charge in [0.05, 0.1) is 11.4 Å². The zero-order valence-corrected chi connectivity index (χ0v) is 11.1. The van der Waals surface area contributed by atoms with Gasteiger partial charge in [-0.1, -0.05) is 38.5 Å². The first-order valence-corrected chi connectivity index (χ1v) is 6.69. The first-order valence-electron chi connectivity index (χ1n) is 6.69. The molecule has 0 radical (unpaired) electrons. The third kappa shape index (κ3) is 2.79. The Morgan fingerprint density at radius 1 is 1.17 bits per heavy atom. The van der Waals surface area contributed by atoms with E-state index in [1.165, 1.54) is 5.69 Å². The van der Waals surface area contributed by atoms with Gasteiger partial charge in [-0.15, -0.1) is 0 Å². The summed E-state index contributed by atoms with van der Waals surface area (Å²) in [7, 11) is 0. The number of hydrogen-bond acceptors (Lipinski definition) is 2. The molecule has 1 N–H and O–H groups in total. The van der Waals surface area contributed by atoms with Gasteiger partial charge in [-0.3, -0.25) is 0 Å². The number of benzene rings is 1. The molecule has 1 unspecified atom stereocenters. The van der Waals surface area contributed by atoms with E-state index in [0.717, 1.165) is 25.1 Å². The zero-order valence-electron chi connectivity index (χ0n) is 11.1. The quantitative estimate of drug-likeness (QED) is 0.843. The van der Waals surface area contributed by atoms with E-state index < -0.39 is 0 Å². The Hall–Kier alpha value is -1.61. The molecule has 1 aromatic carbocycles. The van der Waals surface area contributed by atoms with E-state index in [4.69, 9.17) is 0 Å². The normalized spacial score (nSPS) is 12.6. The van der Waals surface area contributed by atoms with E-state index in [2.05, 4.69) is 42.5 Å². The van der Waals surface area contributed by atoms with Crippen molar-refractivity contribution in [1.82, 2.24) is 15.1 Å². The lowest BCUT2D eigenvalue weighted by Gasteiger charge is -2.18. The van der Waals surface area contributed by atoms with Gasteiger partial charge in [-0.25, -0.2) is 4.68 Å². The third-order valence-electron chi connectivity index (χ3n) is 3.06. The topological polar surface area (TPSA) is 29.9 Å². The molecule has 18 heavy (non-hydrogen) atoms. The van der Waals surface area contributed by atoms with Crippen LogP contribution in [0.5, 0.6) is 0 Å². The second kappa shape index (κ2) is 6.36. The highest BCUT2D eigenvalue weighted by molar-refractivity contribution is 5.33. The predicted octanol–water partition coefficient (Wildman–Crippen LogP) is 3.32. The Labute approximate surface area is 109 Å². The first-order chi connectivity index (χ1) is 8.86. The molecule has 0 saturated heterocycles. The third-order valence-corrected chi connectivity index (χ3v) is 3.06. The lowest BCUT2D eigenvalue weighted by molar-refractivity contribution is 0.486. The molecule has 1 aromatic heterocycles. The van der Waals surface area contributed by atoms with Crippen LogP contribution in [-0.4, -0.2) is 16.3 Å². The second-order valence-electron chi connectivity index (χ2n) is 4.40. The summed E-state index contributed by atoms with van der Waals surface area (Å²) in [5.41, 5.74) is 2.36. The molecule has 3 nitrogen and oxygen atoms in total. The second-order valence-corrected chi connectivity index (χ2v) is 4.40. The largest absolute Gasteiger partial charge is 0.309 e. The van der Waals surface area contributed by atoms with Crippen molar-refractivity contribution in [2.75, 3.05) is 6.54 Å². The van der Waals surface area contributed by atoms with Crippen LogP contribution >= 0.6 is 0 Å². The molecule has 0 aliphatic heterocycles. The molecule has 0 amide bonds. The van der Waals surface area contributed by atoms with Crippen LogP contribution in [0.3, 0.4) is 0 Å². The number of para-hydroxylation sites is 1. The van der Waals surface area contributed by atoms with E-state index in [-0.39, 0.29) is 0 Å². The van der Waals surface area contributed by atoms with Crippen LogP contribution in [0.15, 0.2) is 42.6 Å². The zero-order chi connectivity index (χ0) is 12.8. The first kappa shape index (κ1) is 12.8. The lowest BCUT2D eigenvalue weighted by atomic mass is 10.1. The van der Waals surface area contributed by atoms with Crippen molar-refractivity contribution in [3.05, 3.63) is 48.3 Å². The highest BCUT2D eigenvalue weighted by atomic mass is 15.3. The van der Waals surface area contributed by atoms with Crippen LogP contribution in [0.25, 0.3) is 5.69 Å². The van der Waals surface area contributed by atoms with Crippen molar-refractivity contribution in [2.45, 2.75) is 32.7 Å². The molecule has 1 atom stereocenters. The Balaban J connectivity index is 2.31. The smallest absolute Gasteiger partial charge is 0.0649 e. The van der Waals surface area contributed by atoms with Gasteiger partial charge < -0.3 is 5.32 Å². The minimum absolute atomic E-state index is 0.378. The average Bonchev–Trinajstić information content (AvgIpc) is 2.88. The fourth-order valence-electron chi connectivity index (χ4n) is 2.25. The van der Waals surface area contributed by atoms with Gasteiger partial charge in [0.15, 0.2) is 0 Å². The minimum Gasteiger partial charge on any atom is -0.309 e. The van der Waals surface area contributed by atoms with Crippen LogP contribution in [0.2, 0.25) is 0 Å². The summed E-state index contributed by atoms with van der Waals surface area (Å²) in [6.07, 6.45) is 4.17. The van der Waals surface area contributed by atoms with Gasteiger partial charge in [0.1, 0.15) is 0 Å². The molecule has 3 heteroatoms. The van der Waals surface area contributed by atoms with Crippen LogP contribution in [0.1, 0.15) is 38.4 Å². The number of nitrogens with zero attached hydrogens (tertiary/aromatic N) is 2. The van der Waals surface area contributed by atoms with Crippen molar-refractivity contribution in [2.24, 2.45) is 0 Å². The Bertz CT molecular complexity index is 456. The minimum atomic E-state index is 0.378. The summed E-state index contributed by atoms with van der Waals surface area (Å²) in [5, 5.41) is 7.98. The average molecular weight is 243 g/mol. The van der Waals surface area contributed by atoms with Crippen molar-refractivity contribution >= 4 is 0 Å². The SMILES string of the molecule is CCCC(NCC)c1ccnn1-c1ccccc1. The molecule has 0 bridgehead atoms. The highest BCUT2D eigenvalue weighted by Crippen LogP contribution is 2.21. The van der Waals surface area contributed by atoms with Crippen molar-refractivity contribution < 1.29 is 0 Å². The number of hydrogen-bond donors (Lipinski definition) is 1. The molecule has 0 spiro atoms.